The van der Waals surface area contributed by atoms with Gasteiger partial charge in [-0.25, -0.2) is 0 Å². The number of thioether (sulfide) groups is 1. The van der Waals surface area contributed by atoms with Crippen molar-refractivity contribution in [1.29, 1.82) is 0 Å². The third-order valence-corrected chi connectivity index (χ3v) is 5.16. The van der Waals surface area contributed by atoms with E-state index in [0.29, 0.717) is 6.42 Å². The quantitative estimate of drug-likeness (QED) is 0.474. The molecular formula is C14H19N3O3S. The van der Waals surface area contributed by atoms with Crippen LogP contribution in [0.25, 0.3) is 0 Å². The van der Waals surface area contributed by atoms with Crippen LogP contribution in [0.5, 0.6) is 0 Å². The predicted molar refractivity (Wildman–Crippen MR) is 81.9 cm³/mol. The van der Waals surface area contributed by atoms with E-state index < -0.39 is 16.4 Å². The summed E-state index contributed by atoms with van der Waals surface area (Å²) in [6.07, 6.45) is 3.35. The van der Waals surface area contributed by atoms with Crippen LogP contribution in [0, 0.1) is 16.0 Å². The molecule has 0 bridgehead atoms. The normalized spacial score (nSPS) is 24.9. The van der Waals surface area contributed by atoms with E-state index in [-0.39, 0.29) is 11.6 Å². The summed E-state index contributed by atoms with van der Waals surface area (Å²) in [5, 5.41) is 10.6. The molecule has 0 radical (unpaired) electrons. The van der Waals surface area contributed by atoms with Crippen molar-refractivity contribution in [2.24, 2.45) is 17.4 Å². The van der Waals surface area contributed by atoms with Gasteiger partial charge in [0.05, 0.1) is 10.5 Å². The van der Waals surface area contributed by atoms with Crippen LogP contribution >= 0.6 is 11.8 Å². The molecule has 2 unspecified atom stereocenters. The van der Waals surface area contributed by atoms with Crippen molar-refractivity contribution in [2.45, 2.75) is 36.1 Å². The lowest BCUT2D eigenvalue weighted by atomic mass is 9.85. The van der Waals surface area contributed by atoms with Gasteiger partial charge in [0.15, 0.2) is 0 Å². The molecule has 1 amide bonds. The molecule has 1 saturated carbocycles. The highest BCUT2D eigenvalue weighted by Gasteiger charge is 2.43. The third kappa shape index (κ3) is 3.54. The molecule has 0 aromatic heterocycles. The second-order valence-corrected chi connectivity index (χ2v) is 6.55. The third-order valence-electron chi connectivity index (χ3n) is 4.11. The summed E-state index contributed by atoms with van der Waals surface area (Å²) in [5.41, 5.74) is 10.8. The number of carbonyl (C=O) groups is 1. The van der Waals surface area contributed by atoms with Crippen molar-refractivity contribution < 1.29 is 9.72 Å². The Morgan fingerprint density at radius 3 is 2.67 bits per heavy atom. The molecule has 0 spiro atoms. The maximum Gasteiger partial charge on any atom is 0.269 e. The maximum atomic E-state index is 11.5. The fourth-order valence-corrected chi connectivity index (χ4v) is 3.78. The lowest BCUT2D eigenvalue weighted by molar-refractivity contribution is -0.384. The van der Waals surface area contributed by atoms with Crippen LogP contribution < -0.4 is 11.5 Å². The molecule has 114 valence electrons. The molecular weight excluding hydrogens is 290 g/mol. The summed E-state index contributed by atoms with van der Waals surface area (Å²) in [7, 11) is 0. The Labute approximate surface area is 127 Å². The minimum Gasteiger partial charge on any atom is -0.368 e. The van der Waals surface area contributed by atoms with E-state index in [0.717, 1.165) is 29.9 Å². The topological polar surface area (TPSA) is 112 Å². The average Bonchev–Trinajstić information content (AvgIpc) is 2.82. The first kappa shape index (κ1) is 15.8. The smallest absolute Gasteiger partial charge is 0.269 e. The van der Waals surface area contributed by atoms with Gasteiger partial charge in [-0.2, -0.15) is 0 Å². The Hall–Kier alpha value is -1.60. The molecule has 7 heteroatoms. The fourth-order valence-electron chi connectivity index (χ4n) is 2.81. The van der Waals surface area contributed by atoms with E-state index in [4.69, 9.17) is 11.5 Å². The summed E-state index contributed by atoms with van der Waals surface area (Å²) >= 11 is 1.61. The van der Waals surface area contributed by atoms with E-state index in [2.05, 4.69) is 0 Å². The first-order chi connectivity index (χ1) is 9.93. The SMILES string of the molecule is NC(=O)C1(N)CCCC1CCSc1ccc([N+](=O)[O-])cc1. The van der Waals surface area contributed by atoms with E-state index in [1.807, 2.05) is 0 Å². The van der Waals surface area contributed by atoms with E-state index in [1.54, 1.807) is 23.9 Å². The lowest BCUT2D eigenvalue weighted by Gasteiger charge is -2.27. The number of non-ortho nitro benzene ring substituents is 1. The highest BCUT2D eigenvalue weighted by atomic mass is 32.2. The zero-order valence-electron chi connectivity index (χ0n) is 11.7. The van der Waals surface area contributed by atoms with Crippen LogP contribution in [0.1, 0.15) is 25.7 Å². The van der Waals surface area contributed by atoms with Crippen LogP contribution in [0.4, 0.5) is 5.69 Å². The van der Waals surface area contributed by atoms with Crippen molar-refractivity contribution >= 4 is 23.4 Å². The first-order valence-electron chi connectivity index (χ1n) is 6.89. The van der Waals surface area contributed by atoms with Crippen LogP contribution in [0.3, 0.4) is 0 Å². The summed E-state index contributed by atoms with van der Waals surface area (Å²) < 4.78 is 0. The molecule has 2 atom stereocenters. The number of hydrogen-bond acceptors (Lipinski definition) is 5. The zero-order valence-corrected chi connectivity index (χ0v) is 12.5. The van der Waals surface area contributed by atoms with Gasteiger partial charge >= 0.3 is 0 Å². The highest BCUT2D eigenvalue weighted by Crippen LogP contribution is 2.37. The number of nitrogens with zero attached hydrogens (tertiary/aromatic N) is 1. The van der Waals surface area contributed by atoms with Gasteiger partial charge < -0.3 is 11.5 Å². The van der Waals surface area contributed by atoms with Gasteiger partial charge in [-0.3, -0.25) is 14.9 Å². The Kier molecular flexibility index (Phi) is 4.84. The number of benzene rings is 1. The summed E-state index contributed by atoms with van der Waals surface area (Å²) in [4.78, 5) is 22.6. The van der Waals surface area contributed by atoms with Gasteiger partial charge in [0.1, 0.15) is 0 Å². The predicted octanol–water partition coefficient (Wildman–Crippen LogP) is 2.06. The molecule has 1 fully saturated rings. The largest absolute Gasteiger partial charge is 0.368 e. The van der Waals surface area contributed by atoms with Crippen LogP contribution in [-0.4, -0.2) is 22.1 Å². The number of nitro groups is 1. The van der Waals surface area contributed by atoms with Crippen molar-refractivity contribution in [3.63, 3.8) is 0 Å². The molecule has 4 N–H and O–H groups in total. The minimum absolute atomic E-state index is 0.0878. The zero-order chi connectivity index (χ0) is 15.5. The molecule has 6 nitrogen and oxygen atoms in total. The number of rotatable bonds is 6. The average molecular weight is 309 g/mol. The Bertz CT molecular complexity index is 535. The fraction of sp³-hybridized carbons (Fsp3) is 0.500. The van der Waals surface area contributed by atoms with Crippen molar-refractivity contribution in [3.05, 3.63) is 34.4 Å². The van der Waals surface area contributed by atoms with Gasteiger partial charge in [0, 0.05) is 17.0 Å². The van der Waals surface area contributed by atoms with Crippen molar-refractivity contribution in [3.8, 4) is 0 Å². The van der Waals surface area contributed by atoms with E-state index in [1.165, 1.54) is 12.1 Å². The number of carbonyl (C=O) groups excluding carboxylic acids is 1. The van der Waals surface area contributed by atoms with Crippen molar-refractivity contribution in [1.82, 2.24) is 0 Å². The minimum atomic E-state index is -0.865. The standard InChI is InChI=1S/C14H19N3O3S/c15-13(18)14(16)8-1-2-10(14)7-9-21-12-5-3-11(4-6-12)17(19)20/h3-6,10H,1-2,7-9,16H2,(H2,15,18). The first-order valence-corrected chi connectivity index (χ1v) is 7.88. The van der Waals surface area contributed by atoms with E-state index in [9.17, 15) is 14.9 Å². The Morgan fingerprint density at radius 2 is 2.10 bits per heavy atom. The molecule has 0 aliphatic heterocycles. The summed E-state index contributed by atoms with van der Waals surface area (Å²) in [6.45, 7) is 0. The summed E-state index contributed by atoms with van der Waals surface area (Å²) in [6, 6.07) is 6.46. The van der Waals surface area contributed by atoms with Crippen molar-refractivity contribution in [2.75, 3.05) is 5.75 Å². The number of primary amides is 1. The number of nitrogens with two attached hydrogens (primary N) is 2. The van der Waals surface area contributed by atoms with Gasteiger partial charge in [-0.15, -0.1) is 11.8 Å². The van der Waals surface area contributed by atoms with Gasteiger partial charge in [-0.05, 0) is 43.1 Å². The summed E-state index contributed by atoms with van der Waals surface area (Å²) in [5.74, 6) is 0.528. The number of hydrogen-bond donors (Lipinski definition) is 2. The van der Waals surface area contributed by atoms with Crippen LogP contribution in [0.2, 0.25) is 0 Å². The monoisotopic (exact) mass is 309 g/mol. The molecule has 1 aromatic rings. The second-order valence-electron chi connectivity index (χ2n) is 5.38. The van der Waals surface area contributed by atoms with Gasteiger partial charge in [-0.1, -0.05) is 6.42 Å². The lowest BCUT2D eigenvalue weighted by Crippen LogP contribution is -2.54. The van der Waals surface area contributed by atoms with E-state index >= 15 is 0 Å². The van der Waals surface area contributed by atoms with Gasteiger partial charge in [0.25, 0.3) is 5.69 Å². The Balaban J connectivity index is 1.87. The number of amides is 1. The number of nitro benzene ring substituents is 1. The molecule has 1 aliphatic rings. The molecule has 21 heavy (non-hydrogen) atoms. The Morgan fingerprint density at radius 1 is 1.43 bits per heavy atom. The molecule has 2 rings (SSSR count). The van der Waals surface area contributed by atoms with Crippen LogP contribution in [0.15, 0.2) is 29.2 Å². The molecule has 1 aromatic carbocycles. The molecule has 0 saturated heterocycles. The van der Waals surface area contributed by atoms with Crippen LogP contribution in [-0.2, 0) is 4.79 Å². The molecule has 0 heterocycles. The van der Waals surface area contributed by atoms with Gasteiger partial charge in [0.2, 0.25) is 5.91 Å². The molecule has 1 aliphatic carbocycles. The second kappa shape index (κ2) is 6.44. The highest BCUT2D eigenvalue weighted by molar-refractivity contribution is 7.99. The maximum absolute atomic E-state index is 11.5.